The first-order valence-corrected chi connectivity index (χ1v) is 7.93. The number of carbonyl (C=O) groups is 1. The zero-order valence-corrected chi connectivity index (χ0v) is 14.7. The first kappa shape index (κ1) is 18.1. The molecule has 0 unspecified atom stereocenters. The number of rotatable bonds is 6. The molecule has 0 aliphatic rings. The molecule has 0 fully saturated rings. The summed E-state index contributed by atoms with van der Waals surface area (Å²) >= 11 is 11.8. The fourth-order valence-electron chi connectivity index (χ4n) is 1.86. The number of nitrogens with zero attached hydrogens (tertiary/aromatic N) is 1. The largest absolute Gasteiger partial charge is 0.497 e. The topological polar surface area (TPSA) is 62.7 Å². The van der Waals surface area contributed by atoms with E-state index in [1.54, 1.807) is 38.4 Å². The van der Waals surface area contributed by atoms with Crippen LogP contribution >= 0.6 is 23.2 Å². The van der Waals surface area contributed by atoms with Gasteiger partial charge in [0.2, 0.25) is 0 Å². The minimum absolute atomic E-state index is 0.272. The van der Waals surface area contributed by atoms with Crippen molar-refractivity contribution in [1.82, 2.24) is 5.43 Å². The minimum atomic E-state index is -0.491. The van der Waals surface area contributed by atoms with Gasteiger partial charge in [0.1, 0.15) is 11.8 Å². The van der Waals surface area contributed by atoms with Crippen molar-refractivity contribution in [3.05, 3.63) is 58.1 Å². The Balaban J connectivity index is 1.88. The van der Waals surface area contributed by atoms with Gasteiger partial charge in [-0.1, -0.05) is 23.2 Å². The highest BCUT2D eigenvalue weighted by Crippen LogP contribution is 2.25. The van der Waals surface area contributed by atoms with Gasteiger partial charge < -0.3 is 10.1 Å². The summed E-state index contributed by atoms with van der Waals surface area (Å²) in [4.78, 5) is 12.0. The summed E-state index contributed by atoms with van der Waals surface area (Å²) < 4.78 is 5.08. The van der Waals surface area contributed by atoms with E-state index in [1.807, 2.05) is 24.3 Å². The van der Waals surface area contributed by atoms with Crippen molar-refractivity contribution >= 4 is 41.0 Å². The Bertz CT molecular complexity index is 733. The molecular weight excluding hydrogens is 349 g/mol. The molecule has 5 nitrogen and oxygen atoms in total. The Hall–Kier alpha value is -2.24. The van der Waals surface area contributed by atoms with E-state index in [0.717, 1.165) is 11.3 Å². The molecule has 2 aromatic rings. The lowest BCUT2D eigenvalue weighted by molar-refractivity contribution is -0.121. The van der Waals surface area contributed by atoms with Gasteiger partial charge in [-0.3, -0.25) is 4.79 Å². The molecule has 0 saturated heterocycles. The van der Waals surface area contributed by atoms with Crippen LogP contribution in [0.3, 0.4) is 0 Å². The molecule has 2 rings (SSSR count). The average Bonchev–Trinajstić information content (AvgIpc) is 2.58. The van der Waals surface area contributed by atoms with Crippen LogP contribution in [0.4, 0.5) is 5.69 Å². The van der Waals surface area contributed by atoms with Gasteiger partial charge in [-0.25, -0.2) is 5.43 Å². The lowest BCUT2D eigenvalue weighted by Gasteiger charge is -2.13. The van der Waals surface area contributed by atoms with Crippen LogP contribution in [0, 0.1) is 0 Å². The van der Waals surface area contributed by atoms with Crippen LogP contribution in [0.25, 0.3) is 0 Å². The van der Waals surface area contributed by atoms with Crippen LogP contribution in [0.5, 0.6) is 5.75 Å². The maximum absolute atomic E-state index is 12.0. The molecule has 24 heavy (non-hydrogen) atoms. The van der Waals surface area contributed by atoms with Gasteiger partial charge in [-0.2, -0.15) is 5.10 Å². The summed E-state index contributed by atoms with van der Waals surface area (Å²) in [6, 6.07) is 11.9. The Morgan fingerprint density at radius 1 is 1.17 bits per heavy atom. The average molecular weight is 366 g/mol. The molecule has 1 amide bonds. The SMILES string of the molecule is COc1ccc(/C=N\NC(=O)[C@@H](C)Nc2ccc(Cl)c(Cl)c2)cc1. The zero-order chi connectivity index (χ0) is 17.5. The fourth-order valence-corrected chi connectivity index (χ4v) is 2.16. The van der Waals surface area contributed by atoms with Gasteiger partial charge in [-0.15, -0.1) is 0 Å². The van der Waals surface area contributed by atoms with Crippen LogP contribution < -0.4 is 15.5 Å². The number of nitrogens with one attached hydrogen (secondary N) is 2. The first-order valence-electron chi connectivity index (χ1n) is 7.18. The Morgan fingerprint density at radius 2 is 1.88 bits per heavy atom. The molecule has 2 N–H and O–H groups in total. The molecule has 126 valence electrons. The Kier molecular flexibility index (Phi) is 6.46. The number of hydrogen-bond acceptors (Lipinski definition) is 4. The van der Waals surface area contributed by atoms with E-state index in [2.05, 4.69) is 15.8 Å². The van der Waals surface area contributed by atoms with Crippen molar-refractivity contribution in [3.8, 4) is 5.75 Å². The third-order valence-electron chi connectivity index (χ3n) is 3.20. The molecular formula is C17H17Cl2N3O2. The lowest BCUT2D eigenvalue weighted by atomic mass is 10.2. The van der Waals surface area contributed by atoms with Crippen molar-refractivity contribution in [2.45, 2.75) is 13.0 Å². The maximum atomic E-state index is 12.0. The van der Waals surface area contributed by atoms with Gasteiger partial charge >= 0.3 is 0 Å². The number of benzene rings is 2. The molecule has 7 heteroatoms. The normalized spacial score (nSPS) is 12.0. The van der Waals surface area contributed by atoms with Gasteiger partial charge in [0.25, 0.3) is 5.91 Å². The highest BCUT2D eigenvalue weighted by Gasteiger charge is 2.12. The predicted octanol–water partition coefficient (Wildman–Crippen LogP) is 3.95. The highest BCUT2D eigenvalue weighted by atomic mass is 35.5. The van der Waals surface area contributed by atoms with Crippen molar-refractivity contribution < 1.29 is 9.53 Å². The summed E-state index contributed by atoms with van der Waals surface area (Å²) in [5.41, 5.74) is 4.03. The summed E-state index contributed by atoms with van der Waals surface area (Å²) in [7, 11) is 1.60. The highest BCUT2D eigenvalue weighted by molar-refractivity contribution is 6.42. The molecule has 0 bridgehead atoms. The van der Waals surface area contributed by atoms with Gasteiger partial charge in [0.15, 0.2) is 0 Å². The number of carbonyl (C=O) groups excluding carboxylic acids is 1. The second-order valence-corrected chi connectivity index (χ2v) is 5.82. The van der Waals surface area contributed by atoms with E-state index in [0.29, 0.717) is 15.7 Å². The number of halogens is 2. The number of ether oxygens (including phenoxy) is 1. The first-order chi connectivity index (χ1) is 11.5. The molecule has 0 saturated carbocycles. The third-order valence-corrected chi connectivity index (χ3v) is 3.94. The van der Waals surface area contributed by atoms with Crippen molar-refractivity contribution in [2.75, 3.05) is 12.4 Å². The summed E-state index contributed by atoms with van der Waals surface area (Å²) in [5.74, 6) is 0.487. The maximum Gasteiger partial charge on any atom is 0.262 e. The second kappa shape index (κ2) is 8.57. The van der Waals surface area contributed by atoms with Gasteiger partial charge in [0, 0.05) is 5.69 Å². The van der Waals surface area contributed by atoms with E-state index in [1.165, 1.54) is 0 Å². The van der Waals surface area contributed by atoms with E-state index in [4.69, 9.17) is 27.9 Å². The lowest BCUT2D eigenvalue weighted by Crippen LogP contribution is -2.34. The van der Waals surface area contributed by atoms with Gasteiger partial charge in [-0.05, 0) is 55.0 Å². The molecule has 0 heterocycles. The molecule has 0 radical (unpaired) electrons. The van der Waals surface area contributed by atoms with Crippen molar-refractivity contribution in [1.29, 1.82) is 0 Å². The van der Waals surface area contributed by atoms with Crippen molar-refractivity contribution in [2.24, 2.45) is 5.10 Å². The van der Waals surface area contributed by atoms with Crippen LogP contribution in [0.2, 0.25) is 10.0 Å². The standard InChI is InChI=1S/C17H17Cl2N3O2/c1-11(21-13-5-8-15(18)16(19)9-13)17(23)22-20-10-12-3-6-14(24-2)7-4-12/h3-11,21H,1-2H3,(H,22,23)/b20-10-/t11-/m1/s1. The number of methoxy groups -OCH3 is 1. The number of amides is 1. The molecule has 0 spiro atoms. The summed E-state index contributed by atoms with van der Waals surface area (Å²) in [6.07, 6.45) is 1.56. The number of hydrazone groups is 1. The molecule has 1 atom stereocenters. The van der Waals surface area contributed by atoms with Crippen LogP contribution in [-0.2, 0) is 4.79 Å². The Morgan fingerprint density at radius 3 is 2.50 bits per heavy atom. The van der Waals surface area contributed by atoms with Crippen molar-refractivity contribution in [3.63, 3.8) is 0 Å². The van der Waals surface area contributed by atoms with Crippen LogP contribution in [0.1, 0.15) is 12.5 Å². The molecule has 0 aromatic heterocycles. The molecule has 0 aliphatic heterocycles. The summed E-state index contributed by atoms with van der Waals surface area (Å²) in [6.45, 7) is 1.72. The fraction of sp³-hybridized carbons (Fsp3) is 0.176. The summed E-state index contributed by atoms with van der Waals surface area (Å²) in [5, 5.41) is 7.85. The van der Waals surface area contributed by atoms with E-state index >= 15 is 0 Å². The smallest absolute Gasteiger partial charge is 0.262 e. The second-order valence-electron chi connectivity index (χ2n) is 5.00. The van der Waals surface area contributed by atoms with E-state index in [9.17, 15) is 4.79 Å². The zero-order valence-electron chi connectivity index (χ0n) is 13.2. The minimum Gasteiger partial charge on any atom is -0.497 e. The monoisotopic (exact) mass is 365 g/mol. The van der Waals surface area contributed by atoms with E-state index in [-0.39, 0.29) is 5.91 Å². The molecule has 0 aliphatic carbocycles. The number of hydrogen-bond donors (Lipinski definition) is 2. The van der Waals surface area contributed by atoms with Crippen LogP contribution in [0.15, 0.2) is 47.6 Å². The van der Waals surface area contributed by atoms with Gasteiger partial charge in [0.05, 0.1) is 23.4 Å². The number of anilines is 1. The van der Waals surface area contributed by atoms with E-state index < -0.39 is 6.04 Å². The Labute approximate surface area is 150 Å². The predicted molar refractivity (Wildman–Crippen MR) is 98.3 cm³/mol. The quantitative estimate of drug-likeness (QED) is 0.601. The molecule has 2 aromatic carbocycles. The third kappa shape index (κ3) is 5.15. The van der Waals surface area contributed by atoms with Crippen LogP contribution in [-0.4, -0.2) is 25.3 Å².